The van der Waals surface area contributed by atoms with E-state index in [1.165, 1.54) is 24.3 Å². The van der Waals surface area contributed by atoms with Crippen molar-refractivity contribution < 1.29 is 9.31 Å². The number of hydrogen-bond acceptors (Lipinski definition) is 4. The van der Waals surface area contributed by atoms with Crippen LogP contribution < -0.4 is 5.56 Å². The van der Waals surface area contributed by atoms with Gasteiger partial charge in [-0.2, -0.15) is 0 Å². The number of halogens is 1. The molecule has 1 heterocycles. The topological polar surface area (TPSA) is 78.0 Å². The Morgan fingerprint density at radius 3 is 2.81 bits per heavy atom. The van der Waals surface area contributed by atoms with Gasteiger partial charge in [0.05, 0.1) is 15.8 Å². The molecule has 136 valence electrons. The third kappa shape index (κ3) is 3.42. The van der Waals surface area contributed by atoms with Gasteiger partial charge in [0, 0.05) is 31.5 Å². The molecular formula is C19H20FN3O3. The lowest BCUT2D eigenvalue weighted by Gasteiger charge is -2.20. The summed E-state index contributed by atoms with van der Waals surface area (Å²) in [5.74, 6) is 0.576. The average Bonchev–Trinajstić information content (AvgIpc) is 2.61. The number of non-ortho nitro benzene ring substituents is 1. The number of benzene rings is 1. The fourth-order valence-corrected chi connectivity index (χ4v) is 3.29. The largest absolute Gasteiger partial charge is 0.296 e. The normalized spacial score (nSPS) is 17.1. The SMILES string of the molecule is CCc1nc2cc([N+](=O)[O-])ccc2c(=O)n1CCC1=CC=C(F)CC1C. The van der Waals surface area contributed by atoms with Gasteiger partial charge in [-0.3, -0.25) is 19.5 Å². The molecule has 0 saturated carbocycles. The molecule has 1 aliphatic carbocycles. The van der Waals surface area contributed by atoms with Gasteiger partial charge in [-0.25, -0.2) is 9.37 Å². The van der Waals surface area contributed by atoms with Gasteiger partial charge in [0.25, 0.3) is 11.2 Å². The summed E-state index contributed by atoms with van der Waals surface area (Å²) in [5.41, 5.74) is 1.16. The Balaban J connectivity index is 1.98. The van der Waals surface area contributed by atoms with Crippen LogP contribution in [0.5, 0.6) is 0 Å². The zero-order chi connectivity index (χ0) is 18.8. The van der Waals surface area contributed by atoms with E-state index >= 15 is 0 Å². The summed E-state index contributed by atoms with van der Waals surface area (Å²) in [6.45, 7) is 4.31. The highest BCUT2D eigenvalue weighted by Gasteiger charge is 2.17. The maximum absolute atomic E-state index is 13.3. The van der Waals surface area contributed by atoms with E-state index in [0.717, 1.165) is 5.57 Å². The molecule has 0 fully saturated rings. The highest BCUT2D eigenvalue weighted by molar-refractivity contribution is 5.80. The van der Waals surface area contributed by atoms with Crippen molar-refractivity contribution in [3.63, 3.8) is 0 Å². The third-order valence-corrected chi connectivity index (χ3v) is 4.78. The molecule has 0 saturated heterocycles. The van der Waals surface area contributed by atoms with Crippen LogP contribution in [0, 0.1) is 16.0 Å². The molecule has 3 rings (SSSR count). The molecule has 0 radical (unpaired) electrons. The number of nitro benzene ring substituents is 1. The summed E-state index contributed by atoms with van der Waals surface area (Å²) in [6.07, 6.45) is 4.84. The van der Waals surface area contributed by atoms with Crippen LogP contribution in [0.2, 0.25) is 0 Å². The first-order valence-electron chi connectivity index (χ1n) is 8.63. The first-order valence-corrected chi connectivity index (χ1v) is 8.63. The second-order valence-electron chi connectivity index (χ2n) is 6.51. The third-order valence-electron chi connectivity index (χ3n) is 4.78. The Morgan fingerprint density at radius 1 is 1.38 bits per heavy atom. The molecule has 2 aromatic rings. The molecule has 26 heavy (non-hydrogen) atoms. The fraction of sp³-hybridized carbons (Fsp3) is 0.368. The standard InChI is InChI=1S/C19H20FN3O3/c1-3-18-21-17-11-15(23(25)26)6-7-16(17)19(24)22(18)9-8-13-4-5-14(20)10-12(13)2/h4-7,11-12H,3,8-10H2,1-2H3. The van der Waals surface area contributed by atoms with Crippen molar-refractivity contribution in [2.75, 3.05) is 0 Å². The molecule has 1 unspecified atom stereocenters. The summed E-state index contributed by atoms with van der Waals surface area (Å²) >= 11 is 0. The van der Waals surface area contributed by atoms with Gasteiger partial charge in [0.1, 0.15) is 11.7 Å². The van der Waals surface area contributed by atoms with Crippen molar-refractivity contribution in [1.29, 1.82) is 0 Å². The maximum Gasteiger partial charge on any atom is 0.271 e. The lowest BCUT2D eigenvalue weighted by atomic mass is 9.90. The maximum atomic E-state index is 13.3. The number of rotatable bonds is 5. The monoisotopic (exact) mass is 357 g/mol. The number of aryl methyl sites for hydroxylation is 1. The highest BCUT2D eigenvalue weighted by atomic mass is 19.1. The van der Waals surface area contributed by atoms with Crippen molar-refractivity contribution in [2.24, 2.45) is 5.92 Å². The molecule has 0 spiro atoms. The van der Waals surface area contributed by atoms with E-state index in [-0.39, 0.29) is 23.0 Å². The van der Waals surface area contributed by atoms with Crippen LogP contribution in [0.15, 0.2) is 46.5 Å². The number of aromatic nitrogens is 2. The summed E-state index contributed by atoms with van der Waals surface area (Å²) in [6, 6.07) is 4.11. The molecule has 0 bridgehead atoms. The lowest BCUT2D eigenvalue weighted by molar-refractivity contribution is -0.384. The van der Waals surface area contributed by atoms with Crippen molar-refractivity contribution in [2.45, 2.75) is 39.7 Å². The molecule has 6 nitrogen and oxygen atoms in total. The zero-order valence-corrected chi connectivity index (χ0v) is 14.7. The molecule has 1 atom stereocenters. The number of fused-ring (bicyclic) bond motifs is 1. The molecule has 1 aliphatic rings. The molecule has 1 aromatic heterocycles. The van der Waals surface area contributed by atoms with Crippen molar-refractivity contribution in [3.8, 4) is 0 Å². The van der Waals surface area contributed by atoms with Gasteiger partial charge in [0.15, 0.2) is 0 Å². The van der Waals surface area contributed by atoms with Crippen LogP contribution in [0.3, 0.4) is 0 Å². The number of nitro groups is 1. The lowest BCUT2D eigenvalue weighted by Crippen LogP contribution is -2.26. The van der Waals surface area contributed by atoms with E-state index in [9.17, 15) is 19.3 Å². The highest BCUT2D eigenvalue weighted by Crippen LogP contribution is 2.28. The van der Waals surface area contributed by atoms with Crippen molar-refractivity contribution >= 4 is 16.6 Å². The van der Waals surface area contributed by atoms with E-state index in [2.05, 4.69) is 4.98 Å². The van der Waals surface area contributed by atoms with Crippen molar-refractivity contribution in [1.82, 2.24) is 9.55 Å². The van der Waals surface area contributed by atoms with E-state index in [4.69, 9.17) is 0 Å². The first kappa shape index (κ1) is 18.0. The van der Waals surface area contributed by atoms with Crippen LogP contribution in [0.1, 0.15) is 32.5 Å². The van der Waals surface area contributed by atoms with Gasteiger partial charge in [-0.1, -0.05) is 25.5 Å². The minimum atomic E-state index is -0.498. The van der Waals surface area contributed by atoms with Crippen LogP contribution in [0.25, 0.3) is 10.9 Å². The molecule has 7 heteroatoms. The predicted molar refractivity (Wildman–Crippen MR) is 97.7 cm³/mol. The molecule has 0 amide bonds. The minimum absolute atomic E-state index is 0.0841. The van der Waals surface area contributed by atoms with Gasteiger partial charge in [-0.15, -0.1) is 0 Å². The molecular weight excluding hydrogens is 337 g/mol. The van der Waals surface area contributed by atoms with Gasteiger partial charge >= 0.3 is 0 Å². The Hall–Kier alpha value is -2.83. The van der Waals surface area contributed by atoms with Gasteiger partial charge in [0.2, 0.25) is 0 Å². The summed E-state index contributed by atoms with van der Waals surface area (Å²) in [5, 5.41) is 11.3. The van der Waals surface area contributed by atoms with Gasteiger partial charge < -0.3 is 0 Å². The van der Waals surface area contributed by atoms with E-state index in [1.807, 2.05) is 13.8 Å². The summed E-state index contributed by atoms with van der Waals surface area (Å²) in [4.78, 5) is 27.8. The minimum Gasteiger partial charge on any atom is -0.296 e. The van der Waals surface area contributed by atoms with Crippen LogP contribution >= 0.6 is 0 Å². The Labute approximate surface area is 149 Å². The van der Waals surface area contributed by atoms with E-state index < -0.39 is 4.92 Å². The quantitative estimate of drug-likeness (QED) is 0.597. The van der Waals surface area contributed by atoms with Gasteiger partial charge in [-0.05, 0) is 24.5 Å². The molecule has 1 aromatic carbocycles. The second-order valence-corrected chi connectivity index (χ2v) is 6.51. The molecule has 0 N–H and O–H groups in total. The predicted octanol–water partition coefficient (Wildman–Crippen LogP) is 4.08. The number of allylic oxidation sites excluding steroid dienone is 4. The first-order chi connectivity index (χ1) is 12.4. The van der Waals surface area contributed by atoms with Crippen LogP contribution in [-0.4, -0.2) is 14.5 Å². The van der Waals surface area contributed by atoms with E-state index in [1.54, 1.807) is 10.6 Å². The molecule has 0 aliphatic heterocycles. The van der Waals surface area contributed by atoms with Crippen molar-refractivity contribution in [3.05, 3.63) is 68.0 Å². The summed E-state index contributed by atoms with van der Waals surface area (Å²) in [7, 11) is 0. The Kier molecular flexibility index (Phi) is 4.97. The number of nitrogens with zero attached hydrogens (tertiary/aromatic N) is 3. The fourth-order valence-electron chi connectivity index (χ4n) is 3.29. The smallest absolute Gasteiger partial charge is 0.271 e. The van der Waals surface area contributed by atoms with Crippen LogP contribution in [-0.2, 0) is 13.0 Å². The van der Waals surface area contributed by atoms with Crippen LogP contribution in [0.4, 0.5) is 10.1 Å². The number of hydrogen-bond donors (Lipinski definition) is 0. The zero-order valence-electron chi connectivity index (χ0n) is 14.7. The Bertz CT molecular complexity index is 991. The summed E-state index contributed by atoms with van der Waals surface area (Å²) < 4.78 is 14.9. The Morgan fingerprint density at radius 2 is 2.15 bits per heavy atom. The van der Waals surface area contributed by atoms with E-state index in [0.29, 0.717) is 42.5 Å². The second kappa shape index (κ2) is 7.19. The average molecular weight is 357 g/mol.